The maximum atomic E-state index is 12.5. The lowest BCUT2D eigenvalue weighted by atomic mass is 10.2. The third-order valence-electron chi connectivity index (χ3n) is 4.99. The van der Waals surface area contributed by atoms with E-state index in [1.54, 1.807) is 32.5 Å². The summed E-state index contributed by atoms with van der Waals surface area (Å²) in [7, 11) is 3.17. The minimum Gasteiger partial charge on any atom is -0.493 e. The molecule has 1 heterocycles. The topological polar surface area (TPSA) is 69.7 Å². The predicted molar refractivity (Wildman–Crippen MR) is 127 cm³/mol. The van der Waals surface area contributed by atoms with Gasteiger partial charge in [0, 0.05) is 12.1 Å². The molecule has 1 amide bonds. The van der Waals surface area contributed by atoms with Crippen LogP contribution in [0, 0.1) is 0 Å². The number of benzene rings is 3. The Morgan fingerprint density at radius 2 is 1.75 bits per heavy atom. The van der Waals surface area contributed by atoms with E-state index in [1.165, 1.54) is 0 Å². The molecule has 0 aliphatic rings. The molecule has 4 aromatic rings. The lowest BCUT2D eigenvalue weighted by molar-refractivity contribution is -0.127. The third kappa shape index (κ3) is 4.84. The molecule has 1 aromatic heterocycles. The second-order valence-corrected chi connectivity index (χ2v) is 8.21. The van der Waals surface area contributed by atoms with Gasteiger partial charge in [0.25, 0.3) is 5.91 Å². The van der Waals surface area contributed by atoms with Crippen LogP contribution in [-0.2, 0) is 11.3 Å². The highest BCUT2D eigenvalue weighted by Gasteiger charge is 2.15. The van der Waals surface area contributed by atoms with Crippen molar-refractivity contribution in [3.63, 3.8) is 0 Å². The van der Waals surface area contributed by atoms with Crippen LogP contribution < -0.4 is 19.5 Å². The number of ether oxygens (including phenoxy) is 3. The Kier molecular flexibility index (Phi) is 6.56. The van der Waals surface area contributed by atoms with Crippen molar-refractivity contribution < 1.29 is 19.0 Å². The van der Waals surface area contributed by atoms with Gasteiger partial charge in [0.2, 0.25) is 0 Å². The van der Waals surface area contributed by atoms with Gasteiger partial charge in [-0.15, -0.1) is 11.3 Å². The molecule has 0 aliphatic heterocycles. The van der Waals surface area contributed by atoms with Gasteiger partial charge in [-0.2, -0.15) is 0 Å². The minimum atomic E-state index is -0.636. The zero-order valence-corrected chi connectivity index (χ0v) is 18.9. The molecule has 0 saturated carbocycles. The van der Waals surface area contributed by atoms with Gasteiger partial charge < -0.3 is 19.5 Å². The van der Waals surface area contributed by atoms with Crippen LogP contribution in [0.1, 0.15) is 12.5 Å². The maximum absolute atomic E-state index is 12.5. The van der Waals surface area contributed by atoms with E-state index in [-0.39, 0.29) is 5.91 Å². The largest absolute Gasteiger partial charge is 0.493 e. The first-order valence-electron chi connectivity index (χ1n) is 10.2. The number of amides is 1. The average Bonchev–Trinajstić information content (AvgIpc) is 3.27. The summed E-state index contributed by atoms with van der Waals surface area (Å²) in [5, 5.41) is 3.85. The van der Waals surface area contributed by atoms with Crippen molar-refractivity contribution in [3.05, 3.63) is 72.3 Å². The first kappa shape index (κ1) is 21.6. The van der Waals surface area contributed by atoms with Crippen LogP contribution >= 0.6 is 11.3 Å². The summed E-state index contributed by atoms with van der Waals surface area (Å²) in [6, 6.07) is 21.2. The SMILES string of the molecule is COc1ccc(CNC(=O)[C@H](C)Oc2ccc(-c3nc4ccccc4s3)cc2)cc1OC. The number of para-hydroxylation sites is 1. The Bertz CT molecular complexity index is 1190. The van der Waals surface area contributed by atoms with Gasteiger partial charge in [0.05, 0.1) is 24.4 Å². The Balaban J connectivity index is 1.35. The molecule has 6 nitrogen and oxygen atoms in total. The summed E-state index contributed by atoms with van der Waals surface area (Å²) < 4.78 is 17.5. The summed E-state index contributed by atoms with van der Waals surface area (Å²) in [5.74, 6) is 1.70. The highest BCUT2D eigenvalue weighted by atomic mass is 32.1. The van der Waals surface area contributed by atoms with Crippen LogP contribution in [0.3, 0.4) is 0 Å². The number of aromatic nitrogens is 1. The summed E-state index contributed by atoms with van der Waals surface area (Å²) in [4.78, 5) is 17.2. The molecule has 0 bridgehead atoms. The van der Waals surface area contributed by atoms with Crippen molar-refractivity contribution in [3.8, 4) is 27.8 Å². The highest BCUT2D eigenvalue weighted by molar-refractivity contribution is 7.21. The zero-order chi connectivity index (χ0) is 22.5. The van der Waals surface area contributed by atoms with Crippen LogP contribution in [0.2, 0.25) is 0 Å². The highest BCUT2D eigenvalue weighted by Crippen LogP contribution is 2.31. The molecule has 4 rings (SSSR count). The molecular formula is C25H24N2O4S. The lowest BCUT2D eigenvalue weighted by Gasteiger charge is -2.15. The molecule has 7 heteroatoms. The summed E-state index contributed by atoms with van der Waals surface area (Å²) >= 11 is 1.65. The predicted octanol–water partition coefficient (Wildman–Crippen LogP) is 5.06. The maximum Gasteiger partial charge on any atom is 0.261 e. The molecule has 3 aromatic carbocycles. The number of carbonyl (C=O) groups excluding carboxylic acids is 1. The monoisotopic (exact) mass is 448 g/mol. The summed E-state index contributed by atoms with van der Waals surface area (Å²) in [6.07, 6.45) is -0.636. The van der Waals surface area contributed by atoms with Crippen molar-refractivity contribution in [2.75, 3.05) is 14.2 Å². The van der Waals surface area contributed by atoms with Gasteiger partial charge in [-0.05, 0) is 61.0 Å². The summed E-state index contributed by atoms with van der Waals surface area (Å²) in [6.45, 7) is 2.09. The third-order valence-corrected chi connectivity index (χ3v) is 6.08. The fourth-order valence-corrected chi connectivity index (χ4v) is 4.22. The second kappa shape index (κ2) is 9.70. The van der Waals surface area contributed by atoms with Crippen LogP contribution in [0.25, 0.3) is 20.8 Å². The fraction of sp³-hybridized carbons (Fsp3) is 0.200. The van der Waals surface area contributed by atoms with Gasteiger partial charge in [0.15, 0.2) is 17.6 Å². The van der Waals surface area contributed by atoms with Crippen LogP contribution in [-0.4, -0.2) is 31.2 Å². The van der Waals surface area contributed by atoms with Gasteiger partial charge >= 0.3 is 0 Å². The van der Waals surface area contributed by atoms with E-state index in [0.717, 1.165) is 26.4 Å². The zero-order valence-electron chi connectivity index (χ0n) is 18.1. The molecule has 1 atom stereocenters. The molecule has 0 aliphatic carbocycles. The Labute approximate surface area is 190 Å². The van der Waals surface area contributed by atoms with Gasteiger partial charge in [0.1, 0.15) is 10.8 Å². The van der Waals surface area contributed by atoms with E-state index in [4.69, 9.17) is 14.2 Å². The molecule has 0 unspecified atom stereocenters. The number of methoxy groups -OCH3 is 2. The number of hydrogen-bond acceptors (Lipinski definition) is 6. The van der Waals surface area contributed by atoms with E-state index in [9.17, 15) is 4.79 Å². The van der Waals surface area contributed by atoms with Gasteiger partial charge in [-0.25, -0.2) is 4.98 Å². The molecule has 0 radical (unpaired) electrons. The van der Waals surface area contributed by atoms with Crippen molar-refractivity contribution in [2.24, 2.45) is 0 Å². The Hall–Kier alpha value is -3.58. The first-order chi connectivity index (χ1) is 15.6. The molecular weight excluding hydrogens is 424 g/mol. The molecule has 1 N–H and O–H groups in total. The number of nitrogens with zero attached hydrogens (tertiary/aromatic N) is 1. The van der Waals surface area contributed by atoms with E-state index >= 15 is 0 Å². The number of hydrogen-bond donors (Lipinski definition) is 1. The minimum absolute atomic E-state index is 0.199. The quantitative estimate of drug-likeness (QED) is 0.408. The normalized spacial score (nSPS) is 11.7. The van der Waals surface area contributed by atoms with Crippen molar-refractivity contribution >= 4 is 27.5 Å². The van der Waals surface area contributed by atoms with Crippen LogP contribution in [0.4, 0.5) is 0 Å². The van der Waals surface area contributed by atoms with E-state index < -0.39 is 6.10 Å². The Morgan fingerprint density at radius 1 is 1.00 bits per heavy atom. The van der Waals surface area contributed by atoms with Crippen molar-refractivity contribution in [2.45, 2.75) is 19.6 Å². The second-order valence-electron chi connectivity index (χ2n) is 7.18. The lowest BCUT2D eigenvalue weighted by Crippen LogP contribution is -2.35. The Morgan fingerprint density at radius 3 is 2.47 bits per heavy atom. The first-order valence-corrected chi connectivity index (χ1v) is 11.0. The number of carbonyl (C=O) groups is 1. The molecule has 0 spiro atoms. The van der Waals surface area contributed by atoms with Gasteiger partial charge in [-0.3, -0.25) is 4.79 Å². The smallest absolute Gasteiger partial charge is 0.261 e. The number of fused-ring (bicyclic) bond motifs is 1. The number of nitrogens with one attached hydrogen (secondary N) is 1. The van der Waals surface area contributed by atoms with Crippen LogP contribution in [0.5, 0.6) is 17.2 Å². The van der Waals surface area contributed by atoms with Crippen molar-refractivity contribution in [1.82, 2.24) is 10.3 Å². The van der Waals surface area contributed by atoms with Crippen LogP contribution in [0.15, 0.2) is 66.7 Å². The fourth-order valence-electron chi connectivity index (χ4n) is 3.25. The average molecular weight is 449 g/mol. The van der Waals surface area contributed by atoms with E-state index in [1.807, 2.05) is 60.7 Å². The van der Waals surface area contributed by atoms with E-state index in [0.29, 0.717) is 23.8 Å². The molecule has 32 heavy (non-hydrogen) atoms. The summed E-state index contributed by atoms with van der Waals surface area (Å²) in [5.41, 5.74) is 2.92. The molecule has 0 saturated heterocycles. The standard InChI is InChI=1S/C25H24N2O4S/c1-16(24(28)26-15-17-8-13-21(29-2)22(14-17)30-3)31-19-11-9-18(10-12-19)25-27-20-6-4-5-7-23(20)32-25/h4-14,16H,15H2,1-3H3,(H,26,28)/t16-/m0/s1. The number of thiazole rings is 1. The van der Waals surface area contributed by atoms with E-state index in [2.05, 4.69) is 16.4 Å². The number of rotatable bonds is 8. The van der Waals surface area contributed by atoms with Gasteiger partial charge in [-0.1, -0.05) is 18.2 Å². The molecule has 0 fully saturated rings. The molecule has 164 valence electrons. The van der Waals surface area contributed by atoms with Crippen molar-refractivity contribution in [1.29, 1.82) is 0 Å².